The van der Waals surface area contributed by atoms with E-state index in [-0.39, 0.29) is 0 Å². The molecule has 17 heavy (non-hydrogen) atoms. The van der Waals surface area contributed by atoms with Gasteiger partial charge in [0, 0.05) is 29.4 Å². The van der Waals surface area contributed by atoms with Gasteiger partial charge in [0.25, 0.3) is 0 Å². The molecule has 0 bridgehead atoms. The van der Waals surface area contributed by atoms with Gasteiger partial charge in [0.1, 0.15) is 5.82 Å². The molecule has 0 aliphatic rings. The third-order valence-corrected chi connectivity index (χ3v) is 3.43. The van der Waals surface area contributed by atoms with E-state index in [0.717, 1.165) is 18.8 Å². The fourth-order valence-electron chi connectivity index (χ4n) is 1.67. The molecule has 2 aromatic rings. The first-order chi connectivity index (χ1) is 8.33. The van der Waals surface area contributed by atoms with Crippen molar-refractivity contribution in [2.24, 2.45) is 5.84 Å². The van der Waals surface area contributed by atoms with Gasteiger partial charge >= 0.3 is 0 Å². The quantitative estimate of drug-likeness (QED) is 0.630. The number of aromatic nitrogens is 1. The van der Waals surface area contributed by atoms with Crippen molar-refractivity contribution in [1.29, 1.82) is 0 Å². The Balaban J connectivity index is 2.16. The predicted octanol–water partition coefficient (Wildman–Crippen LogP) is 2.46. The standard InChI is InChI=1S/C12H16N4S/c1-2-16(9-11-4-3-7-17-11)10-5-6-14-12(8-10)15-13/h3-8H,2,9,13H2,1H3,(H,14,15). The number of nitrogens with zero attached hydrogens (tertiary/aromatic N) is 2. The molecule has 0 saturated heterocycles. The van der Waals surface area contributed by atoms with Crippen molar-refractivity contribution < 1.29 is 0 Å². The highest BCUT2D eigenvalue weighted by atomic mass is 32.1. The normalized spacial score (nSPS) is 10.2. The summed E-state index contributed by atoms with van der Waals surface area (Å²) in [6.07, 6.45) is 1.77. The molecule has 0 atom stereocenters. The van der Waals surface area contributed by atoms with Crippen LogP contribution in [-0.2, 0) is 6.54 Å². The Hall–Kier alpha value is -1.59. The number of nitrogens with two attached hydrogens (primary N) is 1. The molecule has 2 aromatic heterocycles. The molecule has 0 fully saturated rings. The van der Waals surface area contributed by atoms with Crippen LogP contribution in [0.25, 0.3) is 0 Å². The summed E-state index contributed by atoms with van der Waals surface area (Å²) in [6.45, 7) is 4.01. The molecule has 4 nitrogen and oxygen atoms in total. The first-order valence-corrected chi connectivity index (χ1v) is 6.41. The largest absolute Gasteiger partial charge is 0.367 e. The van der Waals surface area contributed by atoms with Crippen LogP contribution in [0.15, 0.2) is 35.8 Å². The molecule has 90 valence electrons. The maximum absolute atomic E-state index is 5.37. The van der Waals surface area contributed by atoms with Crippen molar-refractivity contribution in [3.8, 4) is 0 Å². The summed E-state index contributed by atoms with van der Waals surface area (Å²) in [7, 11) is 0. The van der Waals surface area contributed by atoms with E-state index in [0.29, 0.717) is 5.82 Å². The summed E-state index contributed by atoms with van der Waals surface area (Å²) >= 11 is 1.77. The summed E-state index contributed by atoms with van der Waals surface area (Å²) in [5.41, 5.74) is 3.70. The second kappa shape index (κ2) is 5.65. The zero-order valence-corrected chi connectivity index (χ0v) is 10.6. The monoisotopic (exact) mass is 248 g/mol. The molecule has 0 unspecified atom stereocenters. The molecule has 0 radical (unpaired) electrons. The summed E-state index contributed by atoms with van der Waals surface area (Å²) in [5.74, 6) is 6.05. The van der Waals surface area contributed by atoms with Crippen molar-refractivity contribution in [2.45, 2.75) is 13.5 Å². The molecule has 0 spiro atoms. The molecule has 2 heterocycles. The van der Waals surface area contributed by atoms with E-state index in [1.54, 1.807) is 17.5 Å². The van der Waals surface area contributed by atoms with Crippen LogP contribution in [0.2, 0.25) is 0 Å². The van der Waals surface area contributed by atoms with E-state index in [4.69, 9.17) is 5.84 Å². The van der Waals surface area contributed by atoms with Gasteiger partial charge in [-0.2, -0.15) is 0 Å². The number of hydrazine groups is 1. The van der Waals surface area contributed by atoms with Gasteiger partial charge in [0.2, 0.25) is 0 Å². The maximum atomic E-state index is 5.37. The van der Waals surface area contributed by atoms with E-state index in [9.17, 15) is 0 Å². The van der Waals surface area contributed by atoms with Crippen LogP contribution in [-0.4, -0.2) is 11.5 Å². The van der Waals surface area contributed by atoms with E-state index < -0.39 is 0 Å². The number of pyridine rings is 1. The topological polar surface area (TPSA) is 54.2 Å². The van der Waals surface area contributed by atoms with E-state index in [1.165, 1.54) is 4.88 Å². The molecule has 0 saturated carbocycles. The maximum Gasteiger partial charge on any atom is 0.141 e. The molecular weight excluding hydrogens is 232 g/mol. The van der Waals surface area contributed by atoms with Gasteiger partial charge in [-0.1, -0.05) is 6.07 Å². The molecule has 2 rings (SSSR count). The zero-order chi connectivity index (χ0) is 12.1. The number of hydrogen-bond donors (Lipinski definition) is 2. The SMILES string of the molecule is CCN(Cc1cccs1)c1ccnc(NN)c1. The molecule has 3 N–H and O–H groups in total. The lowest BCUT2D eigenvalue weighted by molar-refractivity contribution is 0.841. The van der Waals surface area contributed by atoms with Crippen LogP contribution in [0.4, 0.5) is 11.5 Å². The highest BCUT2D eigenvalue weighted by molar-refractivity contribution is 7.09. The highest BCUT2D eigenvalue weighted by Crippen LogP contribution is 2.20. The average molecular weight is 248 g/mol. The number of hydrogen-bond acceptors (Lipinski definition) is 5. The second-order valence-electron chi connectivity index (χ2n) is 3.64. The van der Waals surface area contributed by atoms with E-state index in [1.807, 2.05) is 12.1 Å². The van der Waals surface area contributed by atoms with Gasteiger partial charge < -0.3 is 10.3 Å². The Morgan fingerprint density at radius 3 is 3.00 bits per heavy atom. The molecule has 0 amide bonds. The molecule has 0 aliphatic heterocycles. The van der Waals surface area contributed by atoms with Crippen LogP contribution in [0.5, 0.6) is 0 Å². The fourth-order valence-corrected chi connectivity index (χ4v) is 2.39. The predicted molar refractivity (Wildman–Crippen MR) is 73.1 cm³/mol. The van der Waals surface area contributed by atoms with Crippen LogP contribution < -0.4 is 16.2 Å². The second-order valence-corrected chi connectivity index (χ2v) is 4.67. The lowest BCUT2D eigenvalue weighted by atomic mass is 10.3. The van der Waals surface area contributed by atoms with Crippen LogP contribution in [0.1, 0.15) is 11.8 Å². The van der Waals surface area contributed by atoms with E-state index >= 15 is 0 Å². The van der Waals surface area contributed by atoms with Gasteiger partial charge in [-0.3, -0.25) is 0 Å². The first kappa shape index (κ1) is 11.9. The van der Waals surface area contributed by atoms with Crippen molar-refractivity contribution in [3.63, 3.8) is 0 Å². The Bertz CT molecular complexity index is 455. The number of nitrogen functional groups attached to an aromatic ring is 1. The Morgan fingerprint density at radius 1 is 1.47 bits per heavy atom. The van der Waals surface area contributed by atoms with E-state index in [2.05, 4.69) is 39.7 Å². The van der Waals surface area contributed by atoms with Gasteiger partial charge in [-0.25, -0.2) is 10.8 Å². The van der Waals surface area contributed by atoms with Gasteiger partial charge in [-0.05, 0) is 24.4 Å². The van der Waals surface area contributed by atoms with Gasteiger partial charge in [-0.15, -0.1) is 11.3 Å². The summed E-state index contributed by atoms with van der Waals surface area (Å²) in [5, 5.41) is 2.10. The lowest BCUT2D eigenvalue weighted by Crippen LogP contribution is -2.21. The van der Waals surface area contributed by atoms with Crippen molar-refractivity contribution >= 4 is 22.8 Å². The smallest absolute Gasteiger partial charge is 0.141 e. The van der Waals surface area contributed by atoms with Crippen molar-refractivity contribution in [2.75, 3.05) is 16.9 Å². The minimum absolute atomic E-state index is 0.687. The number of anilines is 2. The fraction of sp³-hybridized carbons (Fsp3) is 0.250. The highest BCUT2D eigenvalue weighted by Gasteiger charge is 2.06. The molecule has 5 heteroatoms. The first-order valence-electron chi connectivity index (χ1n) is 5.53. The molecular formula is C12H16N4S. The number of nitrogens with one attached hydrogen (secondary N) is 1. The van der Waals surface area contributed by atoms with Crippen LogP contribution in [0.3, 0.4) is 0 Å². The molecule has 0 aromatic carbocycles. The van der Waals surface area contributed by atoms with Gasteiger partial charge in [0.15, 0.2) is 0 Å². The minimum Gasteiger partial charge on any atom is -0.367 e. The third kappa shape index (κ3) is 2.95. The summed E-state index contributed by atoms with van der Waals surface area (Å²) < 4.78 is 0. The Kier molecular flexibility index (Phi) is 3.95. The lowest BCUT2D eigenvalue weighted by Gasteiger charge is -2.22. The summed E-state index contributed by atoms with van der Waals surface area (Å²) in [4.78, 5) is 7.75. The number of rotatable bonds is 5. The number of thiophene rings is 1. The Labute approximate surface area is 105 Å². The van der Waals surface area contributed by atoms with Gasteiger partial charge in [0.05, 0.1) is 6.54 Å². The zero-order valence-electron chi connectivity index (χ0n) is 9.76. The Morgan fingerprint density at radius 2 is 2.35 bits per heavy atom. The van der Waals surface area contributed by atoms with Crippen LogP contribution >= 0.6 is 11.3 Å². The molecule has 0 aliphatic carbocycles. The van der Waals surface area contributed by atoms with Crippen molar-refractivity contribution in [1.82, 2.24) is 4.98 Å². The van der Waals surface area contributed by atoms with Crippen LogP contribution in [0, 0.1) is 0 Å². The van der Waals surface area contributed by atoms with Crippen molar-refractivity contribution in [3.05, 3.63) is 40.7 Å². The summed E-state index contributed by atoms with van der Waals surface area (Å²) in [6, 6.07) is 8.18. The minimum atomic E-state index is 0.687. The third-order valence-electron chi connectivity index (χ3n) is 2.57. The average Bonchev–Trinajstić information content (AvgIpc) is 2.89.